The molecule has 0 unspecified atom stereocenters. The number of rotatable bonds is 0. The summed E-state index contributed by atoms with van der Waals surface area (Å²) in [5, 5.41) is 58.8. The zero-order valence-corrected chi connectivity index (χ0v) is 10.7. The lowest BCUT2D eigenvalue weighted by Crippen LogP contribution is -2.13. The molecule has 3 rings (SSSR count). The number of hydrogen-bond donors (Lipinski definition) is 6. The van der Waals surface area contributed by atoms with Crippen LogP contribution in [0.1, 0.15) is 21.5 Å². The molecule has 0 saturated carbocycles. The van der Waals surface area contributed by atoms with Crippen LogP contribution >= 0.6 is 0 Å². The summed E-state index contributed by atoms with van der Waals surface area (Å²) in [4.78, 5) is 12.0. The maximum Gasteiger partial charge on any atom is 0.235 e. The molecule has 0 atom stereocenters. The van der Waals surface area contributed by atoms with E-state index < -0.39 is 45.9 Å². The average Bonchev–Trinajstić information content (AvgIpc) is 2.45. The van der Waals surface area contributed by atoms with Crippen molar-refractivity contribution in [2.75, 3.05) is 0 Å². The largest absolute Gasteiger partial charge is 0.507 e. The molecule has 0 heterocycles. The fourth-order valence-corrected chi connectivity index (χ4v) is 2.53. The van der Waals surface area contributed by atoms with Crippen LogP contribution in [0.25, 0.3) is 16.5 Å². The Balaban J connectivity index is 2.72. The minimum atomic E-state index is -1.12. The van der Waals surface area contributed by atoms with E-state index in [1.54, 1.807) is 0 Å². The molecule has 0 radical (unpaired) electrons. The number of carbonyl (C=O) groups is 1. The summed E-state index contributed by atoms with van der Waals surface area (Å²) in [5.41, 5.74) is -0.555. The summed E-state index contributed by atoms with van der Waals surface area (Å²) >= 11 is 0. The molecule has 7 heteroatoms. The first-order valence-electron chi connectivity index (χ1n) is 5.87. The molecule has 108 valence electrons. The first-order valence-corrected chi connectivity index (χ1v) is 5.87. The number of benzene rings is 2. The summed E-state index contributed by atoms with van der Waals surface area (Å²) in [5.74, 6) is -6.01. The van der Waals surface area contributed by atoms with E-state index in [9.17, 15) is 35.4 Å². The van der Waals surface area contributed by atoms with E-state index in [2.05, 4.69) is 0 Å². The first kappa shape index (κ1) is 12.9. The van der Waals surface area contributed by atoms with Gasteiger partial charge in [-0.2, -0.15) is 0 Å². The predicted molar refractivity (Wildman–Crippen MR) is 71.9 cm³/mol. The van der Waals surface area contributed by atoms with Crippen molar-refractivity contribution >= 4 is 22.3 Å². The van der Waals surface area contributed by atoms with Crippen molar-refractivity contribution < 1.29 is 35.4 Å². The molecule has 0 saturated heterocycles. The molecule has 0 bridgehead atoms. The molecular formula is C14H10O7. The molecule has 0 aliphatic heterocycles. The van der Waals surface area contributed by atoms with E-state index in [1.165, 1.54) is 13.0 Å². The summed E-state index contributed by atoms with van der Waals surface area (Å²) in [6.45, 7) is 1.47. The van der Waals surface area contributed by atoms with Crippen LogP contribution in [0.2, 0.25) is 0 Å². The van der Waals surface area contributed by atoms with Crippen molar-refractivity contribution in [3.05, 3.63) is 28.5 Å². The first-order chi connectivity index (χ1) is 9.77. The zero-order chi connectivity index (χ0) is 15.6. The van der Waals surface area contributed by atoms with E-state index in [0.717, 1.165) is 0 Å². The monoisotopic (exact) mass is 290 g/mol. The second-order valence-corrected chi connectivity index (χ2v) is 4.79. The molecule has 0 amide bonds. The van der Waals surface area contributed by atoms with Gasteiger partial charge in [-0.3, -0.25) is 4.79 Å². The smallest absolute Gasteiger partial charge is 0.235 e. The van der Waals surface area contributed by atoms with Gasteiger partial charge in [-0.1, -0.05) is 0 Å². The van der Waals surface area contributed by atoms with Crippen molar-refractivity contribution in [3.8, 4) is 23.0 Å². The minimum Gasteiger partial charge on any atom is -0.507 e. The van der Waals surface area contributed by atoms with Crippen LogP contribution in [0.5, 0.6) is 23.0 Å². The minimum absolute atomic E-state index is 0.0435. The van der Waals surface area contributed by atoms with E-state index in [0.29, 0.717) is 0 Å². The summed E-state index contributed by atoms with van der Waals surface area (Å²) in [6.07, 6.45) is 0. The molecule has 2 aromatic rings. The number of ketones is 1. The number of aromatic hydroxyl groups is 4. The van der Waals surface area contributed by atoms with Gasteiger partial charge in [-0.05, 0) is 18.6 Å². The van der Waals surface area contributed by atoms with Gasteiger partial charge in [0, 0.05) is 10.8 Å². The van der Waals surface area contributed by atoms with Gasteiger partial charge in [-0.25, -0.2) is 0 Å². The van der Waals surface area contributed by atoms with Gasteiger partial charge in [0.1, 0.15) is 5.75 Å². The molecule has 1 aliphatic carbocycles. The number of carbonyl (C=O) groups excluding carboxylic acids is 1. The van der Waals surface area contributed by atoms with Gasteiger partial charge in [0.2, 0.25) is 17.3 Å². The molecule has 6 N–H and O–H groups in total. The van der Waals surface area contributed by atoms with Crippen LogP contribution in [-0.4, -0.2) is 36.4 Å². The Labute approximate surface area is 117 Å². The van der Waals surface area contributed by atoms with E-state index in [-0.39, 0.29) is 21.9 Å². The van der Waals surface area contributed by atoms with E-state index in [4.69, 9.17) is 0 Å². The maximum absolute atomic E-state index is 12.0. The molecule has 0 spiro atoms. The van der Waals surface area contributed by atoms with Gasteiger partial charge in [0.15, 0.2) is 17.3 Å². The molecule has 0 fully saturated rings. The quantitative estimate of drug-likeness (QED) is 0.408. The van der Waals surface area contributed by atoms with Crippen molar-refractivity contribution in [2.45, 2.75) is 6.92 Å². The topological polar surface area (TPSA) is 138 Å². The Morgan fingerprint density at radius 2 is 1.38 bits per heavy atom. The number of phenolic OH excluding ortho intramolecular Hbond substituents is 4. The van der Waals surface area contributed by atoms with Gasteiger partial charge in [0.25, 0.3) is 0 Å². The van der Waals surface area contributed by atoms with Crippen LogP contribution in [0.4, 0.5) is 0 Å². The molecular weight excluding hydrogens is 280 g/mol. The lowest BCUT2D eigenvalue weighted by molar-refractivity contribution is 0.0971. The Morgan fingerprint density at radius 3 is 2.00 bits per heavy atom. The highest BCUT2D eigenvalue weighted by Crippen LogP contribution is 2.51. The normalized spacial score (nSPS) is 14.0. The zero-order valence-electron chi connectivity index (χ0n) is 10.7. The molecule has 0 aromatic heterocycles. The fraction of sp³-hybridized carbons (Fsp3) is 0.0714. The van der Waals surface area contributed by atoms with Crippen molar-refractivity contribution in [3.63, 3.8) is 0 Å². The standard InChI is InChI=1S/C14H10O7/c1-3-2-4-5-6(8(3)15)10(17)14(21)12(19)7(5)11(18)13(20)9(4)16/h2,15-18,20-21H,1H3. The van der Waals surface area contributed by atoms with Crippen molar-refractivity contribution in [1.29, 1.82) is 0 Å². The van der Waals surface area contributed by atoms with Gasteiger partial charge in [-0.15, -0.1) is 0 Å². The third kappa shape index (κ3) is 1.34. The highest BCUT2D eigenvalue weighted by Gasteiger charge is 2.35. The lowest BCUT2D eigenvalue weighted by Gasteiger charge is -2.21. The number of hydrogen-bond acceptors (Lipinski definition) is 7. The Hall–Kier alpha value is -3.09. The third-order valence-electron chi connectivity index (χ3n) is 3.58. The molecule has 7 nitrogen and oxygen atoms in total. The number of aliphatic hydroxyl groups is 2. The van der Waals surface area contributed by atoms with Crippen molar-refractivity contribution in [1.82, 2.24) is 0 Å². The van der Waals surface area contributed by atoms with E-state index >= 15 is 0 Å². The summed E-state index contributed by atoms with van der Waals surface area (Å²) in [6, 6.07) is 1.29. The summed E-state index contributed by atoms with van der Waals surface area (Å²) < 4.78 is 0. The summed E-state index contributed by atoms with van der Waals surface area (Å²) in [7, 11) is 0. The molecule has 1 aliphatic rings. The average molecular weight is 290 g/mol. The van der Waals surface area contributed by atoms with Crippen LogP contribution in [0.3, 0.4) is 0 Å². The second-order valence-electron chi connectivity index (χ2n) is 4.79. The number of allylic oxidation sites excluding steroid dienone is 1. The Kier molecular flexibility index (Phi) is 2.29. The Bertz CT molecular complexity index is 877. The number of Topliss-reactive ketones (excluding diaryl/α,β-unsaturated/α-hetero) is 1. The predicted octanol–water partition coefficient (Wildman–Crippen LogP) is 1.95. The lowest BCUT2D eigenvalue weighted by atomic mass is 9.86. The van der Waals surface area contributed by atoms with E-state index in [1.807, 2.05) is 0 Å². The Morgan fingerprint density at radius 1 is 0.762 bits per heavy atom. The van der Waals surface area contributed by atoms with Crippen LogP contribution in [0, 0.1) is 6.92 Å². The van der Waals surface area contributed by atoms with Crippen LogP contribution in [0.15, 0.2) is 11.8 Å². The SMILES string of the molecule is Cc1cc2c(O)c(O)c(O)c3c2c(c1O)C(O)=C(O)C3=O. The van der Waals surface area contributed by atoms with Gasteiger partial charge < -0.3 is 30.6 Å². The second kappa shape index (κ2) is 3.72. The maximum atomic E-state index is 12.0. The highest BCUT2D eigenvalue weighted by atomic mass is 16.3. The number of aryl methyl sites for hydroxylation is 1. The third-order valence-corrected chi connectivity index (χ3v) is 3.58. The number of phenols is 4. The van der Waals surface area contributed by atoms with Crippen LogP contribution < -0.4 is 0 Å². The van der Waals surface area contributed by atoms with Gasteiger partial charge in [0.05, 0.1) is 11.1 Å². The molecule has 2 aromatic carbocycles. The fourth-order valence-electron chi connectivity index (χ4n) is 2.53. The van der Waals surface area contributed by atoms with Crippen molar-refractivity contribution in [2.24, 2.45) is 0 Å². The van der Waals surface area contributed by atoms with Gasteiger partial charge >= 0.3 is 0 Å². The number of aliphatic hydroxyl groups excluding tert-OH is 2. The molecule has 21 heavy (non-hydrogen) atoms. The highest BCUT2D eigenvalue weighted by molar-refractivity contribution is 6.26. The van der Waals surface area contributed by atoms with Crippen LogP contribution in [-0.2, 0) is 0 Å².